The van der Waals surface area contributed by atoms with Gasteiger partial charge in [-0.15, -0.1) is 0 Å². The van der Waals surface area contributed by atoms with Crippen LogP contribution in [0.2, 0.25) is 0 Å². The second-order valence-electron chi connectivity index (χ2n) is 6.46. The zero-order chi connectivity index (χ0) is 17.5. The first kappa shape index (κ1) is 17.4. The number of carbonyl (C=O) groups excluding carboxylic acids is 1. The van der Waals surface area contributed by atoms with Gasteiger partial charge >= 0.3 is 0 Å². The van der Waals surface area contributed by atoms with Gasteiger partial charge in [-0.2, -0.15) is 0 Å². The Kier molecular flexibility index (Phi) is 6.02. The Bertz CT molecular complexity index is 699. The smallest absolute Gasteiger partial charge is 0.253 e. The first-order valence-corrected chi connectivity index (χ1v) is 9.08. The third-order valence-corrected chi connectivity index (χ3v) is 4.74. The summed E-state index contributed by atoms with van der Waals surface area (Å²) in [5, 5.41) is 0. The number of hydrogen-bond donors (Lipinski definition) is 0. The second kappa shape index (κ2) is 8.63. The zero-order valence-corrected chi connectivity index (χ0v) is 14.9. The van der Waals surface area contributed by atoms with E-state index in [2.05, 4.69) is 60.4 Å². The van der Waals surface area contributed by atoms with Gasteiger partial charge in [-0.25, -0.2) is 0 Å². The average Bonchev–Trinajstić information content (AvgIpc) is 2.69. The minimum absolute atomic E-state index is 0.155. The lowest BCUT2D eigenvalue weighted by atomic mass is 10.1. The molecule has 0 aromatic heterocycles. The van der Waals surface area contributed by atoms with Crippen molar-refractivity contribution in [3.8, 4) is 0 Å². The fourth-order valence-electron chi connectivity index (χ4n) is 3.10. The molecule has 0 radical (unpaired) electrons. The molecule has 1 aliphatic rings. The molecule has 0 atom stereocenters. The van der Waals surface area contributed by atoms with Crippen molar-refractivity contribution >= 4 is 12.0 Å². The Morgan fingerprint density at radius 2 is 1.64 bits per heavy atom. The predicted molar refractivity (Wildman–Crippen MR) is 104 cm³/mol. The van der Waals surface area contributed by atoms with E-state index in [1.165, 1.54) is 11.1 Å². The summed E-state index contributed by atoms with van der Waals surface area (Å²) < 4.78 is 0. The zero-order valence-electron chi connectivity index (χ0n) is 14.9. The van der Waals surface area contributed by atoms with Crippen LogP contribution in [0.25, 0.3) is 6.08 Å². The SMILES string of the molecule is CCc1ccc(C(=O)N2CCN(CC=Cc3ccccc3)CC2)cc1. The van der Waals surface area contributed by atoms with Crippen LogP contribution in [0.5, 0.6) is 0 Å². The number of amides is 1. The van der Waals surface area contributed by atoms with Crippen LogP contribution >= 0.6 is 0 Å². The van der Waals surface area contributed by atoms with Gasteiger partial charge in [0.1, 0.15) is 0 Å². The number of nitrogens with zero attached hydrogens (tertiary/aromatic N) is 2. The molecule has 1 aliphatic heterocycles. The highest BCUT2D eigenvalue weighted by Crippen LogP contribution is 2.11. The van der Waals surface area contributed by atoms with Crippen molar-refractivity contribution in [2.24, 2.45) is 0 Å². The van der Waals surface area contributed by atoms with E-state index in [9.17, 15) is 4.79 Å². The predicted octanol–water partition coefficient (Wildman–Crippen LogP) is 3.72. The molecule has 0 aliphatic carbocycles. The molecule has 1 fully saturated rings. The van der Waals surface area contributed by atoms with Crippen LogP contribution in [0.4, 0.5) is 0 Å². The van der Waals surface area contributed by atoms with Crippen molar-refractivity contribution < 1.29 is 4.79 Å². The van der Waals surface area contributed by atoms with Gasteiger partial charge in [0.2, 0.25) is 0 Å². The van der Waals surface area contributed by atoms with Crippen molar-refractivity contribution in [3.63, 3.8) is 0 Å². The van der Waals surface area contributed by atoms with E-state index in [4.69, 9.17) is 0 Å². The Morgan fingerprint density at radius 3 is 2.28 bits per heavy atom. The van der Waals surface area contributed by atoms with E-state index < -0.39 is 0 Å². The maximum absolute atomic E-state index is 12.6. The number of hydrogen-bond acceptors (Lipinski definition) is 2. The lowest BCUT2D eigenvalue weighted by Crippen LogP contribution is -2.48. The van der Waals surface area contributed by atoms with Gasteiger partial charge in [0.25, 0.3) is 5.91 Å². The molecule has 0 bridgehead atoms. The Labute approximate surface area is 150 Å². The molecule has 25 heavy (non-hydrogen) atoms. The lowest BCUT2D eigenvalue weighted by Gasteiger charge is -2.34. The van der Waals surface area contributed by atoms with Crippen LogP contribution in [0, 0.1) is 0 Å². The summed E-state index contributed by atoms with van der Waals surface area (Å²) in [4.78, 5) is 17.0. The van der Waals surface area contributed by atoms with Crippen LogP contribution < -0.4 is 0 Å². The lowest BCUT2D eigenvalue weighted by molar-refractivity contribution is 0.0650. The molecule has 0 spiro atoms. The number of piperazine rings is 1. The van der Waals surface area contributed by atoms with Crippen LogP contribution in [-0.4, -0.2) is 48.4 Å². The van der Waals surface area contributed by atoms with Gasteiger partial charge in [-0.3, -0.25) is 9.69 Å². The van der Waals surface area contributed by atoms with E-state index in [1.807, 2.05) is 23.1 Å². The van der Waals surface area contributed by atoms with Crippen LogP contribution in [-0.2, 0) is 6.42 Å². The van der Waals surface area contributed by atoms with Crippen molar-refractivity contribution in [2.45, 2.75) is 13.3 Å². The summed E-state index contributed by atoms with van der Waals surface area (Å²) in [6.07, 6.45) is 5.37. The van der Waals surface area contributed by atoms with E-state index >= 15 is 0 Å². The van der Waals surface area contributed by atoms with Crippen LogP contribution in [0.15, 0.2) is 60.7 Å². The van der Waals surface area contributed by atoms with Gasteiger partial charge in [0, 0.05) is 38.3 Å². The van der Waals surface area contributed by atoms with Crippen LogP contribution in [0.1, 0.15) is 28.4 Å². The normalized spacial score (nSPS) is 15.6. The Morgan fingerprint density at radius 1 is 0.960 bits per heavy atom. The Hall–Kier alpha value is -2.39. The second-order valence-corrected chi connectivity index (χ2v) is 6.46. The number of benzene rings is 2. The van der Waals surface area contributed by atoms with Crippen molar-refractivity contribution in [3.05, 3.63) is 77.4 Å². The van der Waals surface area contributed by atoms with E-state index in [-0.39, 0.29) is 5.91 Å². The summed E-state index contributed by atoms with van der Waals surface area (Å²) in [5.74, 6) is 0.155. The molecule has 2 aromatic rings. The summed E-state index contributed by atoms with van der Waals surface area (Å²) in [6, 6.07) is 18.4. The molecule has 0 unspecified atom stereocenters. The number of aryl methyl sites for hydroxylation is 1. The van der Waals surface area contributed by atoms with Gasteiger partial charge in [0.15, 0.2) is 0 Å². The molecule has 130 valence electrons. The standard InChI is InChI=1S/C22H26N2O/c1-2-19-10-12-21(13-11-19)22(25)24-17-15-23(16-18-24)14-6-9-20-7-4-3-5-8-20/h3-13H,2,14-18H2,1H3. The minimum atomic E-state index is 0.155. The quantitative estimate of drug-likeness (QED) is 0.832. The van der Waals surface area contributed by atoms with Gasteiger partial charge in [-0.1, -0.05) is 61.5 Å². The summed E-state index contributed by atoms with van der Waals surface area (Å²) >= 11 is 0. The summed E-state index contributed by atoms with van der Waals surface area (Å²) in [7, 11) is 0. The van der Waals surface area contributed by atoms with Gasteiger partial charge < -0.3 is 4.90 Å². The third kappa shape index (κ3) is 4.80. The molecule has 1 amide bonds. The molecule has 2 aromatic carbocycles. The highest BCUT2D eigenvalue weighted by molar-refractivity contribution is 5.94. The van der Waals surface area contributed by atoms with Crippen LogP contribution in [0.3, 0.4) is 0 Å². The fourth-order valence-corrected chi connectivity index (χ4v) is 3.10. The molecule has 0 saturated carbocycles. The van der Waals surface area contributed by atoms with Gasteiger partial charge in [-0.05, 0) is 29.7 Å². The first-order chi connectivity index (χ1) is 12.3. The first-order valence-electron chi connectivity index (χ1n) is 9.08. The highest BCUT2D eigenvalue weighted by atomic mass is 16.2. The molecular formula is C22H26N2O. The molecular weight excluding hydrogens is 308 g/mol. The Balaban J connectivity index is 1.47. The molecule has 1 saturated heterocycles. The maximum atomic E-state index is 12.6. The van der Waals surface area contributed by atoms with Crippen molar-refractivity contribution in [1.82, 2.24) is 9.80 Å². The average molecular weight is 334 g/mol. The third-order valence-electron chi connectivity index (χ3n) is 4.74. The molecule has 1 heterocycles. The molecule has 0 N–H and O–H groups in total. The molecule has 3 heteroatoms. The number of carbonyl (C=O) groups is 1. The molecule has 3 rings (SSSR count). The van der Waals surface area contributed by atoms with E-state index in [0.717, 1.165) is 44.7 Å². The monoisotopic (exact) mass is 334 g/mol. The number of rotatable bonds is 5. The van der Waals surface area contributed by atoms with Crippen molar-refractivity contribution in [2.75, 3.05) is 32.7 Å². The minimum Gasteiger partial charge on any atom is -0.336 e. The summed E-state index contributed by atoms with van der Waals surface area (Å²) in [5.41, 5.74) is 3.30. The van der Waals surface area contributed by atoms with Gasteiger partial charge in [0.05, 0.1) is 0 Å². The van der Waals surface area contributed by atoms with Crippen molar-refractivity contribution in [1.29, 1.82) is 0 Å². The molecule has 3 nitrogen and oxygen atoms in total. The fraction of sp³-hybridized carbons (Fsp3) is 0.318. The highest BCUT2D eigenvalue weighted by Gasteiger charge is 2.21. The van der Waals surface area contributed by atoms with E-state index in [1.54, 1.807) is 0 Å². The maximum Gasteiger partial charge on any atom is 0.253 e. The largest absolute Gasteiger partial charge is 0.336 e. The topological polar surface area (TPSA) is 23.6 Å². The summed E-state index contributed by atoms with van der Waals surface area (Å²) in [6.45, 7) is 6.52. The van der Waals surface area contributed by atoms with E-state index in [0.29, 0.717) is 0 Å².